The van der Waals surface area contributed by atoms with Crippen molar-refractivity contribution in [2.24, 2.45) is 0 Å². The fourth-order valence-corrected chi connectivity index (χ4v) is 4.75. The summed E-state index contributed by atoms with van der Waals surface area (Å²) in [7, 11) is -2.38. The molecule has 0 aliphatic heterocycles. The summed E-state index contributed by atoms with van der Waals surface area (Å²) in [6.07, 6.45) is 6.96. The van der Waals surface area contributed by atoms with Crippen LogP contribution in [-0.2, 0) is 14.8 Å². The van der Waals surface area contributed by atoms with E-state index in [-0.39, 0.29) is 10.8 Å². The van der Waals surface area contributed by atoms with E-state index >= 15 is 0 Å². The summed E-state index contributed by atoms with van der Waals surface area (Å²) in [5.41, 5.74) is 2.52. The van der Waals surface area contributed by atoms with Crippen molar-refractivity contribution in [3.05, 3.63) is 59.7 Å². The van der Waals surface area contributed by atoms with Crippen molar-refractivity contribution in [3.8, 4) is 5.75 Å². The second-order valence-corrected chi connectivity index (χ2v) is 8.79. The fraction of sp³-hybridized carbons (Fsp3) is 0.318. The average Bonchev–Trinajstić information content (AvgIpc) is 2.70. The molecule has 1 saturated carbocycles. The Hall–Kier alpha value is -2.80. The number of anilines is 2. The molecule has 7 heteroatoms. The number of ether oxygens (including phenoxy) is 1. The van der Waals surface area contributed by atoms with Gasteiger partial charge in [-0.15, -0.1) is 0 Å². The van der Waals surface area contributed by atoms with Crippen LogP contribution in [0.25, 0.3) is 0 Å². The highest BCUT2D eigenvalue weighted by molar-refractivity contribution is 7.92. The molecule has 3 rings (SSSR count). The number of sulfonamides is 1. The number of allylic oxidation sites excluding steroid dienone is 1. The van der Waals surface area contributed by atoms with Gasteiger partial charge in [0.2, 0.25) is 5.91 Å². The van der Waals surface area contributed by atoms with E-state index in [2.05, 4.69) is 10.0 Å². The topological polar surface area (TPSA) is 84.5 Å². The van der Waals surface area contributed by atoms with Crippen LogP contribution >= 0.6 is 0 Å². The number of aryl methyl sites for hydroxylation is 1. The summed E-state index contributed by atoms with van der Waals surface area (Å²) >= 11 is 0. The second-order valence-electron chi connectivity index (χ2n) is 7.14. The van der Waals surface area contributed by atoms with E-state index in [9.17, 15) is 13.2 Å². The summed E-state index contributed by atoms with van der Waals surface area (Å²) < 4.78 is 33.7. The van der Waals surface area contributed by atoms with Crippen molar-refractivity contribution in [2.45, 2.75) is 43.9 Å². The molecule has 2 aromatic carbocycles. The third kappa shape index (κ3) is 5.38. The molecule has 0 unspecified atom stereocenters. The molecular formula is C22H26N2O4S. The predicted octanol–water partition coefficient (Wildman–Crippen LogP) is 4.63. The largest absolute Gasteiger partial charge is 0.495 e. The Morgan fingerprint density at radius 2 is 1.79 bits per heavy atom. The molecule has 1 aliphatic rings. The van der Waals surface area contributed by atoms with Gasteiger partial charge >= 0.3 is 0 Å². The van der Waals surface area contributed by atoms with Gasteiger partial charge in [-0.1, -0.05) is 30.2 Å². The third-order valence-electron chi connectivity index (χ3n) is 4.93. The number of rotatable bonds is 6. The van der Waals surface area contributed by atoms with E-state index in [1.807, 2.05) is 0 Å². The normalized spacial score (nSPS) is 14.2. The van der Waals surface area contributed by atoms with Crippen LogP contribution in [0.15, 0.2) is 59.0 Å². The average molecular weight is 415 g/mol. The Labute approximate surface area is 172 Å². The van der Waals surface area contributed by atoms with Crippen LogP contribution in [-0.4, -0.2) is 21.4 Å². The quantitative estimate of drug-likeness (QED) is 0.675. The molecule has 1 fully saturated rings. The number of hydrogen-bond acceptors (Lipinski definition) is 4. The first-order valence-electron chi connectivity index (χ1n) is 9.66. The number of amides is 1. The zero-order valence-electron chi connectivity index (χ0n) is 16.7. The number of carbonyl (C=O) groups is 1. The Bertz CT molecular complexity index is 1020. The van der Waals surface area contributed by atoms with E-state index < -0.39 is 10.0 Å². The number of methoxy groups -OCH3 is 1. The van der Waals surface area contributed by atoms with E-state index in [4.69, 9.17) is 4.74 Å². The standard InChI is InChI=1S/C22H26N2O4S/c1-16-12-13-18(23-22(25)14-17-8-4-3-5-9-17)15-21(16)29(26,27)24-19-10-6-7-11-20(19)28-2/h6-7,10-15,24H,3-5,8-9H2,1-2H3,(H,23,25). The fourth-order valence-electron chi connectivity index (χ4n) is 3.41. The molecule has 0 aromatic heterocycles. The van der Waals surface area contributed by atoms with E-state index in [1.165, 1.54) is 19.6 Å². The summed E-state index contributed by atoms with van der Waals surface area (Å²) in [6, 6.07) is 11.7. The lowest BCUT2D eigenvalue weighted by atomic mass is 9.94. The Morgan fingerprint density at radius 3 is 2.52 bits per heavy atom. The Kier molecular flexibility index (Phi) is 6.59. The molecule has 2 aromatic rings. The molecule has 0 saturated heterocycles. The van der Waals surface area contributed by atoms with Crippen LogP contribution in [0.2, 0.25) is 0 Å². The molecule has 0 radical (unpaired) electrons. The van der Waals surface area contributed by atoms with Crippen molar-refractivity contribution in [3.63, 3.8) is 0 Å². The van der Waals surface area contributed by atoms with Crippen LogP contribution < -0.4 is 14.8 Å². The van der Waals surface area contributed by atoms with Gasteiger partial charge in [0.05, 0.1) is 17.7 Å². The summed E-state index contributed by atoms with van der Waals surface area (Å²) in [5.74, 6) is 0.198. The second kappa shape index (κ2) is 9.13. The van der Waals surface area contributed by atoms with Gasteiger partial charge in [-0.05, 0) is 62.4 Å². The lowest BCUT2D eigenvalue weighted by Crippen LogP contribution is -2.16. The van der Waals surface area contributed by atoms with Gasteiger partial charge in [-0.3, -0.25) is 9.52 Å². The maximum absolute atomic E-state index is 13.0. The van der Waals surface area contributed by atoms with Gasteiger partial charge in [0.25, 0.3) is 10.0 Å². The lowest BCUT2D eigenvalue weighted by molar-refractivity contribution is -0.112. The van der Waals surface area contributed by atoms with Gasteiger partial charge in [-0.2, -0.15) is 0 Å². The zero-order valence-corrected chi connectivity index (χ0v) is 17.5. The number of para-hydroxylation sites is 2. The van der Waals surface area contributed by atoms with Gasteiger partial charge in [0.15, 0.2) is 0 Å². The number of benzene rings is 2. The smallest absolute Gasteiger partial charge is 0.262 e. The van der Waals surface area contributed by atoms with Crippen LogP contribution in [0.4, 0.5) is 11.4 Å². The molecule has 0 spiro atoms. The Balaban J connectivity index is 1.81. The van der Waals surface area contributed by atoms with Crippen molar-refractivity contribution < 1.29 is 17.9 Å². The molecule has 2 N–H and O–H groups in total. The van der Waals surface area contributed by atoms with E-state index in [0.717, 1.165) is 31.3 Å². The molecule has 29 heavy (non-hydrogen) atoms. The molecular weight excluding hydrogens is 388 g/mol. The summed E-state index contributed by atoms with van der Waals surface area (Å²) in [5, 5.41) is 2.78. The maximum atomic E-state index is 13.0. The lowest BCUT2D eigenvalue weighted by Gasteiger charge is -2.15. The monoisotopic (exact) mass is 414 g/mol. The highest BCUT2D eigenvalue weighted by Gasteiger charge is 2.20. The van der Waals surface area contributed by atoms with E-state index in [1.54, 1.807) is 49.4 Å². The highest BCUT2D eigenvalue weighted by Crippen LogP contribution is 2.28. The molecule has 0 bridgehead atoms. The zero-order chi connectivity index (χ0) is 20.9. The van der Waals surface area contributed by atoms with Crippen molar-refractivity contribution in [1.82, 2.24) is 0 Å². The first kappa shape index (κ1) is 20.9. The first-order valence-corrected chi connectivity index (χ1v) is 11.1. The van der Waals surface area contributed by atoms with Gasteiger partial charge in [-0.25, -0.2) is 8.42 Å². The first-order chi connectivity index (χ1) is 13.9. The van der Waals surface area contributed by atoms with Crippen LogP contribution in [0.5, 0.6) is 5.75 Å². The number of hydrogen-bond donors (Lipinski definition) is 2. The molecule has 1 aliphatic carbocycles. The van der Waals surface area contributed by atoms with Crippen LogP contribution in [0.1, 0.15) is 37.7 Å². The van der Waals surface area contributed by atoms with Gasteiger partial charge in [0.1, 0.15) is 5.75 Å². The molecule has 1 amide bonds. The van der Waals surface area contributed by atoms with Crippen LogP contribution in [0.3, 0.4) is 0 Å². The minimum Gasteiger partial charge on any atom is -0.495 e. The predicted molar refractivity (Wildman–Crippen MR) is 115 cm³/mol. The van der Waals surface area contributed by atoms with Crippen molar-refractivity contribution in [1.29, 1.82) is 0 Å². The minimum atomic E-state index is -3.86. The highest BCUT2D eigenvalue weighted by atomic mass is 32.2. The SMILES string of the molecule is COc1ccccc1NS(=O)(=O)c1cc(NC(=O)C=C2CCCCC2)ccc1C. The number of carbonyl (C=O) groups excluding carboxylic acids is 1. The van der Waals surface area contributed by atoms with Crippen molar-refractivity contribution in [2.75, 3.05) is 17.1 Å². The van der Waals surface area contributed by atoms with Crippen molar-refractivity contribution >= 4 is 27.3 Å². The van der Waals surface area contributed by atoms with E-state index in [0.29, 0.717) is 22.7 Å². The maximum Gasteiger partial charge on any atom is 0.262 e. The van der Waals surface area contributed by atoms with Gasteiger partial charge in [0, 0.05) is 11.8 Å². The summed E-state index contributed by atoms with van der Waals surface area (Å²) in [4.78, 5) is 12.4. The molecule has 154 valence electrons. The summed E-state index contributed by atoms with van der Waals surface area (Å²) in [6.45, 7) is 1.71. The molecule has 0 atom stereocenters. The Morgan fingerprint density at radius 1 is 1.07 bits per heavy atom. The molecule has 0 heterocycles. The minimum absolute atomic E-state index is 0.103. The van der Waals surface area contributed by atoms with Crippen LogP contribution in [0, 0.1) is 6.92 Å². The number of nitrogens with one attached hydrogen (secondary N) is 2. The molecule has 6 nitrogen and oxygen atoms in total. The third-order valence-corrected chi connectivity index (χ3v) is 6.43. The van der Waals surface area contributed by atoms with Gasteiger partial charge < -0.3 is 10.1 Å².